The van der Waals surface area contributed by atoms with Crippen LogP contribution in [-0.4, -0.2) is 24.2 Å². The summed E-state index contributed by atoms with van der Waals surface area (Å²) in [5.74, 6) is -0.913. The van der Waals surface area contributed by atoms with Crippen LogP contribution in [0.15, 0.2) is 87.7 Å². The average Bonchev–Trinajstić information content (AvgIpc) is 3.34. The van der Waals surface area contributed by atoms with Gasteiger partial charge in [0.1, 0.15) is 12.4 Å². The van der Waals surface area contributed by atoms with Gasteiger partial charge in [-0.25, -0.2) is 4.79 Å². The summed E-state index contributed by atoms with van der Waals surface area (Å²) in [6, 6.07) is 15.2. The first-order valence-corrected chi connectivity index (χ1v) is 10.9. The topological polar surface area (TPSA) is 104 Å². The van der Waals surface area contributed by atoms with E-state index in [-0.39, 0.29) is 29.4 Å². The normalized spacial score (nSPS) is 15.6. The van der Waals surface area contributed by atoms with E-state index in [1.165, 1.54) is 24.1 Å². The number of nitrogens with zero attached hydrogens (tertiary/aromatic N) is 1. The maximum absolute atomic E-state index is 12.7. The summed E-state index contributed by atoms with van der Waals surface area (Å²) in [5, 5.41) is 16.4. The largest absolute Gasteiger partial charge is 0.468 e. The van der Waals surface area contributed by atoms with Crippen LogP contribution in [0.4, 0.5) is 0 Å². The van der Waals surface area contributed by atoms with E-state index < -0.39 is 11.9 Å². The van der Waals surface area contributed by atoms with Gasteiger partial charge in [-0.05, 0) is 24.6 Å². The number of benzene rings is 1. The first-order chi connectivity index (χ1) is 15.5. The van der Waals surface area contributed by atoms with E-state index >= 15 is 0 Å². The van der Waals surface area contributed by atoms with Crippen molar-refractivity contribution in [3.63, 3.8) is 0 Å². The zero-order valence-corrected chi connectivity index (χ0v) is 18.4. The van der Waals surface area contributed by atoms with Crippen molar-refractivity contribution >= 4 is 23.6 Å². The molecule has 0 bridgehead atoms. The molecule has 7 nitrogen and oxygen atoms in total. The van der Waals surface area contributed by atoms with Crippen LogP contribution in [-0.2, 0) is 20.9 Å². The second-order valence-corrected chi connectivity index (χ2v) is 7.89. The van der Waals surface area contributed by atoms with Crippen molar-refractivity contribution in [2.75, 3.05) is 12.4 Å². The van der Waals surface area contributed by atoms with Crippen LogP contribution < -0.4 is 10.6 Å². The number of hydrogen-bond donors (Lipinski definition) is 2. The molecule has 164 valence electrons. The lowest BCUT2D eigenvalue weighted by Gasteiger charge is -2.27. The van der Waals surface area contributed by atoms with Crippen LogP contribution in [0.3, 0.4) is 0 Å². The number of carbonyl (C=O) groups excluding carboxylic acids is 2. The number of hydrogen-bond acceptors (Lipinski definition) is 7. The number of nitrogens with one attached hydrogen (secondary N) is 2. The maximum atomic E-state index is 12.7. The van der Waals surface area contributed by atoms with Crippen LogP contribution in [0.1, 0.15) is 24.2 Å². The summed E-state index contributed by atoms with van der Waals surface area (Å²) < 4.78 is 10.8. The highest BCUT2D eigenvalue weighted by atomic mass is 32.2. The van der Waals surface area contributed by atoms with Gasteiger partial charge < -0.3 is 19.8 Å². The van der Waals surface area contributed by atoms with E-state index in [1.54, 1.807) is 19.1 Å². The van der Waals surface area contributed by atoms with Gasteiger partial charge in [-0.15, -0.1) is 0 Å². The molecule has 1 atom stereocenters. The molecule has 0 saturated carbocycles. The van der Waals surface area contributed by atoms with E-state index in [9.17, 15) is 14.9 Å². The standard InChI is InChI=1S/C24H23N3O4S/c1-3-11-31-24(29)21-16(2)27-23(18(13-25)22(21)19-10-7-12-30-19)32-15-20(28)26-14-17-8-5-4-6-9-17/h3-10,12,22,27H,1,11,14-15H2,2H3,(H,26,28)/t22-/m0/s1. The van der Waals surface area contributed by atoms with Crippen LogP contribution in [0, 0.1) is 11.3 Å². The molecule has 0 unspecified atom stereocenters. The molecule has 2 N–H and O–H groups in total. The molecule has 3 rings (SSSR count). The Balaban J connectivity index is 1.78. The van der Waals surface area contributed by atoms with Crippen molar-refractivity contribution in [1.29, 1.82) is 5.26 Å². The average molecular weight is 450 g/mol. The Hall–Kier alpha value is -3.70. The van der Waals surface area contributed by atoms with E-state index in [2.05, 4.69) is 23.3 Å². The SMILES string of the molecule is C=CCOC(=O)C1=C(C)NC(SCC(=O)NCc2ccccc2)=C(C#N)[C@H]1c1ccco1. The second kappa shape index (κ2) is 11.1. The zero-order valence-electron chi connectivity index (χ0n) is 17.6. The fourth-order valence-corrected chi connectivity index (χ4v) is 4.16. The number of carbonyl (C=O) groups is 2. The highest BCUT2D eigenvalue weighted by Crippen LogP contribution is 2.41. The summed E-state index contributed by atoms with van der Waals surface area (Å²) in [6.45, 7) is 5.75. The van der Waals surface area contributed by atoms with Gasteiger partial charge in [-0.2, -0.15) is 5.26 Å². The first kappa shape index (κ1) is 23.0. The number of ether oxygens (including phenoxy) is 1. The number of allylic oxidation sites excluding steroid dienone is 2. The highest BCUT2D eigenvalue weighted by molar-refractivity contribution is 8.03. The van der Waals surface area contributed by atoms with Crippen LogP contribution >= 0.6 is 11.8 Å². The molecule has 0 aliphatic carbocycles. The minimum Gasteiger partial charge on any atom is -0.468 e. The van der Waals surface area contributed by atoms with Crippen molar-refractivity contribution in [3.8, 4) is 6.07 Å². The lowest BCUT2D eigenvalue weighted by Crippen LogP contribution is -2.30. The molecule has 8 heteroatoms. The summed E-state index contributed by atoms with van der Waals surface area (Å²) in [4.78, 5) is 25.1. The number of furan rings is 1. The number of dihydropyridines is 1. The van der Waals surface area contributed by atoms with E-state index in [0.29, 0.717) is 23.0 Å². The van der Waals surface area contributed by atoms with Crippen LogP contribution in [0.25, 0.3) is 0 Å². The van der Waals surface area contributed by atoms with Gasteiger partial charge in [0.05, 0.1) is 40.2 Å². The fraction of sp³-hybridized carbons (Fsp3) is 0.208. The predicted octanol–water partition coefficient (Wildman–Crippen LogP) is 3.75. The van der Waals surface area contributed by atoms with Gasteiger partial charge in [0.2, 0.25) is 5.91 Å². The summed E-state index contributed by atoms with van der Waals surface area (Å²) >= 11 is 1.20. The monoisotopic (exact) mass is 449 g/mol. The lowest BCUT2D eigenvalue weighted by atomic mass is 9.86. The van der Waals surface area contributed by atoms with Crippen molar-refractivity contribution < 1.29 is 18.7 Å². The molecule has 0 saturated heterocycles. The predicted molar refractivity (Wildman–Crippen MR) is 122 cm³/mol. The third-order valence-electron chi connectivity index (χ3n) is 4.71. The van der Waals surface area contributed by atoms with E-state index in [0.717, 1.165) is 5.56 Å². The third kappa shape index (κ3) is 5.50. The second-order valence-electron chi connectivity index (χ2n) is 6.90. The molecule has 1 aliphatic heterocycles. The minimum absolute atomic E-state index is 0.0509. The molecule has 1 aliphatic rings. The molecular formula is C24H23N3O4S. The summed E-state index contributed by atoms with van der Waals surface area (Å²) in [7, 11) is 0. The Morgan fingerprint density at radius 1 is 1.31 bits per heavy atom. The van der Waals surface area contributed by atoms with Gasteiger partial charge in [0.25, 0.3) is 0 Å². The quantitative estimate of drug-likeness (QED) is 0.444. The van der Waals surface area contributed by atoms with Gasteiger partial charge in [0, 0.05) is 12.2 Å². The zero-order chi connectivity index (χ0) is 22.9. The number of amides is 1. The maximum Gasteiger partial charge on any atom is 0.337 e. The Bertz CT molecular complexity index is 1080. The van der Waals surface area contributed by atoms with Gasteiger partial charge in [0.15, 0.2) is 0 Å². The number of esters is 1. The molecule has 0 radical (unpaired) electrons. The fourth-order valence-electron chi connectivity index (χ4n) is 3.23. The highest BCUT2D eigenvalue weighted by Gasteiger charge is 2.37. The summed E-state index contributed by atoms with van der Waals surface area (Å²) in [5.41, 5.74) is 2.11. The molecule has 2 heterocycles. The van der Waals surface area contributed by atoms with E-state index in [1.807, 2.05) is 30.3 Å². The van der Waals surface area contributed by atoms with E-state index in [4.69, 9.17) is 9.15 Å². The molecule has 2 aromatic rings. The van der Waals surface area contributed by atoms with Gasteiger partial charge in [-0.1, -0.05) is 54.7 Å². The number of nitriles is 1. The van der Waals surface area contributed by atoms with Crippen LogP contribution in [0.5, 0.6) is 0 Å². The van der Waals surface area contributed by atoms with Crippen molar-refractivity contribution in [1.82, 2.24) is 10.6 Å². The Labute approximate surface area is 190 Å². The summed E-state index contributed by atoms with van der Waals surface area (Å²) in [6.07, 6.45) is 2.96. The Morgan fingerprint density at radius 3 is 2.75 bits per heavy atom. The molecular weight excluding hydrogens is 426 g/mol. The van der Waals surface area contributed by atoms with Gasteiger partial charge >= 0.3 is 5.97 Å². The van der Waals surface area contributed by atoms with Crippen molar-refractivity contribution in [3.05, 3.63) is 94.6 Å². The molecule has 1 aromatic carbocycles. The smallest absolute Gasteiger partial charge is 0.337 e. The molecule has 32 heavy (non-hydrogen) atoms. The third-order valence-corrected chi connectivity index (χ3v) is 5.72. The van der Waals surface area contributed by atoms with Crippen LogP contribution in [0.2, 0.25) is 0 Å². The first-order valence-electron chi connectivity index (χ1n) is 9.92. The number of rotatable bonds is 9. The number of thioether (sulfide) groups is 1. The Morgan fingerprint density at radius 2 is 2.09 bits per heavy atom. The van der Waals surface area contributed by atoms with Gasteiger partial charge in [-0.3, -0.25) is 4.79 Å². The molecule has 0 spiro atoms. The van der Waals surface area contributed by atoms with Crippen molar-refractivity contribution in [2.45, 2.75) is 19.4 Å². The van der Waals surface area contributed by atoms with Crippen molar-refractivity contribution in [2.24, 2.45) is 0 Å². The molecule has 0 fully saturated rings. The molecule has 1 aromatic heterocycles. The molecule has 1 amide bonds. The lowest BCUT2D eigenvalue weighted by molar-refractivity contribution is -0.138. The Kier molecular flexibility index (Phi) is 7.95. The minimum atomic E-state index is -0.733.